The van der Waals surface area contributed by atoms with Crippen LogP contribution in [0.3, 0.4) is 0 Å². The number of anilines is 1. The number of aromatic amines is 1. The Labute approximate surface area is 123 Å². The largest absolute Gasteiger partial charge is 0.451 e. The van der Waals surface area contributed by atoms with Crippen molar-refractivity contribution in [1.82, 2.24) is 24.9 Å². The fourth-order valence-electron chi connectivity index (χ4n) is 2.06. The first-order chi connectivity index (χ1) is 10.4. The van der Waals surface area contributed by atoms with Crippen LogP contribution in [-0.2, 0) is 12.7 Å². The van der Waals surface area contributed by atoms with Crippen LogP contribution in [0.1, 0.15) is 11.4 Å². The second-order valence-corrected chi connectivity index (χ2v) is 4.69. The van der Waals surface area contributed by atoms with E-state index in [1.165, 1.54) is 6.33 Å². The highest BCUT2D eigenvalue weighted by Crippen LogP contribution is 2.30. The summed E-state index contributed by atoms with van der Waals surface area (Å²) >= 11 is 0. The van der Waals surface area contributed by atoms with Crippen molar-refractivity contribution < 1.29 is 13.2 Å². The van der Waals surface area contributed by atoms with Crippen molar-refractivity contribution in [3.63, 3.8) is 0 Å². The van der Waals surface area contributed by atoms with Gasteiger partial charge in [-0.2, -0.15) is 13.2 Å². The van der Waals surface area contributed by atoms with Gasteiger partial charge in [-0.15, -0.1) is 0 Å². The zero-order valence-electron chi connectivity index (χ0n) is 11.5. The van der Waals surface area contributed by atoms with Gasteiger partial charge in [0.2, 0.25) is 5.82 Å². The molecular weight excluding hydrogens is 297 g/mol. The normalized spacial score (nSPS) is 11.8. The highest BCUT2D eigenvalue weighted by atomic mass is 19.4. The van der Waals surface area contributed by atoms with Gasteiger partial charge in [0, 0.05) is 26.0 Å². The summed E-state index contributed by atoms with van der Waals surface area (Å²) in [6.45, 7) is 0.357. The minimum Gasteiger partial charge on any atom is -0.353 e. The average Bonchev–Trinajstić information content (AvgIpc) is 2.94. The van der Waals surface area contributed by atoms with E-state index in [4.69, 9.17) is 0 Å². The summed E-state index contributed by atoms with van der Waals surface area (Å²) in [5.41, 5.74) is 1.19. The molecule has 3 aromatic rings. The van der Waals surface area contributed by atoms with Crippen LogP contribution in [0, 0.1) is 0 Å². The Morgan fingerprint density at radius 3 is 2.77 bits per heavy atom. The maximum absolute atomic E-state index is 12.9. The third kappa shape index (κ3) is 2.69. The quantitative estimate of drug-likeness (QED) is 0.804. The molecule has 0 unspecified atom stereocenters. The first-order valence-corrected chi connectivity index (χ1v) is 6.33. The van der Waals surface area contributed by atoms with Gasteiger partial charge < -0.3 is 9.88 Å². The Hall–Kier alpha value is -2.71. The molecule has 3 rings (SSSR count). The first-order valence-electron chi connectivity index (χ1n) is 6.33. The lowest BCUT2D eigenvalue weighted by Gasteiger charge is -2.19. The smallest absolute Gasteiger partial charge is 0.353 e. The molecule has 0 fully saturated rings. The predicted octanol–water partition coefficient (Wildman–Crippen LogP) is 2.40. The van der Waals surface area contributed by atoms with Crippen LogP contribution in [0.2, 0.25) is 0 Å². The highest BCUT2D eigenvalue weighted by molar-refractivity contribution is 5.82. The number of pyridine rings is 1. The lowest BCUT2D eigenvalue weighted by Crippen LogP contribution is -2.21. The molecular formula is C13H11F3N6. The van der Waals surface area contributed by atoms with Crippen molar-refractivity contribution in [2.24, 2.45) is 0 Å². The lowest BCUT2D eigenvalue weighted by atomic mass is 10.2. The summed E-state index contributed by atoms with van der Waals surface area (Å²) < 4.78 is 38.7. The molecule has 0 aliphatic rings. The zero-order valence-corrected chi connectivity index (χ0v) is 11.5. The Kier molecular flexibility index (Phi) is 3.39. The van der Waals surface area contributed by atoms with E-state index in [0.29, 0.717) is 12.1 Å². The second kappa shape index (κ2) is 5.24. The van der Waals surface area contributed by atoms with E-state index in [0.717, 1.165) is 5.56 Å². The van der Waals surface area contributed by atoms with Crippen LogP contribution in [0.15, 0.2) is 30.9 Å². The number of fused-ring (bicyclic) bond motifs is 1. The third-order valence-corrected chi connectivity index (χ3v) is 3.02. The summed E-state index contributed by atoms with van der Waals surface area (Å²) in [6.07, 6.45) is -0.0620. The minimum atomic E-state index is -4.63. The fourth-order valence-corrected chi connectivity index (χ4v) is 2.06. The summed E-state index contributed by atoms with van der Waals surface area (Å²) in [6, 6.07) is 3.59. The van der Waals surface area contributed by atoms with Crippen molar-refractivity contribution in [3.8, 4) is 0 Å². The summed E-state index contributed by atoms with van der Waals surface area (Å²) in [5.74, 6) is -1.07. The average molecular weight is 308 g/mol. The van der Waals surface area contributed by atoms with E-state index in [9.17, 15) is 13.2 Å². The Bertz CT molecular complexity index is 783. The van der Waals surface area contributed by atoms with Crippen LogP contribution in [0.4, 0.5) is 19.0 Å². The van der Waals surface area contributed by atoms with Gasteiger partial charge in [0.05, 0.1) is 6.33 Å². The number of nitrogens with zero attached hydrogens (tertiary/aromatic N) is 5. The molecule has 1 N–H and O–H groups in total. The van der Waals surface area contributed by atoms with Crippen LogP contribution < -0.4 is 4.90 Å². The van der Waals surface area contributed by atoms with Crippen LogP contribution in [0.5, 0.6) is 0 Å². The fraction of sp³-hybridized carbons (Fsp3) is 0.231. The molecule has 6 nitrogen and oxygen atoms in total. The first kappa shape index (κ1) is 14.2. The molecule has 0 saturated carbocycles. The standard InChI is InChI=1S/C13H11F3N6/c1-22(6-8-3-2-4-17-5-8)11-9-10(19-7-18-9)20-12(21-11)13(14,15)16/h2-5,7H,6H2,1H3,(H,18,19,20,21). The van der Waals surface area contributed by atoms with Crippen LogP contribution in [-0.4, -0.2) is 32.0 Å². The van der Waals surface area contributed by atoms with Crippen LogP contribution in [0.25, 0.3) is 11.2 Å². The molecule has 0 bridgehead atoms. The maximum Gasteiger partial charge on any atom is 0.451 e. The van der Waals surface area contributed by atoms with Gasteiger partial charge in [-0.1, -0.05) is 6.07 Å². The highest BCUT2D eigenvalue weighted by Gasteiger charge is 2.36. The van der Waals surface area contributed by atoms with E-state index in [-0.39, 0.29) is 11.5 Å². The number of rotatable bonds is 3. The Balaban J connectivity index is 2.03. The molecule has 0 aliphatic heterocycles. The van der Waals surface area contributed by atoms with Crippen molar-refractivity contribution in [2.45, 2.75) is 12.7 Å². The third-order valence-electron chi connectivity index (χ3n) is 3.02. The van der Waals surface area contributed by atoms with Crippen LogP contribution >= 0.6 is 0 Å². The van der Waals surface area contributed by atoms with Gasteiger partial charge in [0.25, 0.3) is 0 Å². The number of aromatic nitrogens is 5. The molecule has 3 heterocycles. The van der Waals surface area contributed by atoms with E-state index in [1.807, 2.05) is 6.07 Å². The molecule has 0 radical (unpaired) electrons. The lowest BCUT2D eigenvalue weighted by molar-refractivity contribution is -0.144. The van der Waals surface area contributed by atoms with Gasteiger partial charge in [0.1, 0.15) is 5.52 Å². The van der Waals surface area contributed by atoms with Crippen molar-refractivity contribution in [1.29, 1.82) is 0 Å². The SMILES string of the molecule is CN(Cc1cccnc1)c1nc(C(F)(F)F)nc2nc[nH]c12. The predicted molar refractivity (Wildman–Crippen MR) is 73.0 cm³/mol. The molecule has 22 heavy (non-hydrogen) atoms. The molecule has 3 aromatic heterocycles. The van der Waals surface area contributed by atoms with E-state index in [1.54, 1.807) is 30.4 Å². The number of alkyl halides is 3. The topological polar surface area (TPSA) is 70.6 Å². The van der Waals surface area contributed by atoms with Gasteiger partial charge in [0.15, 0.2) is 11.5 Å². The number of hydrogen-bond donors (Lipinski definition) is 1. The summed E-state index contributed by atoms with van der Waals surface area (Å²) in [7, 11) is 1.65. The van der Waals surface area contributed by atoms with Crippen molar-refractivity contribution >= 4 is 17.0 Å². The molecule has 114 valence electrons. The minimum absolute atomic E-state index is 0.0182. The molecule has 0 spiro atoms. The number of nitrogens with one attached hydrogen (secondary N) is 1. The molecule has 9 heteroatoms. The maximum atomic E-state index is 12.9. The monoisotopic (exact) mass is 308 g/mol. The molecule has 0 amide bonds. The summed E-state index contributed by atoms with van der Waals surface area (Å²) in [5, 5.41) is 0. The van der Waals surface area contributed by atoms with Crippen molar-refractivity contribution in [2.75, 3.05) is 11.9 Å². The second-order valence-electron chi connectivity index (χ2n) is 4.69. The van der Waals surface area contributed by atoms with Gasteiger partial charge in [-0.3, -0.25) is 4.98 Å². The number of imidazole rings is 1. The number of H-pyrrole nitrogens is 1. The molecule has 0 saturated heterocycles. The number of hydrogen-bond acceptors (Lipinski definition) is 5. The Morgan fingerprint density at radius 1 is 1.27 bits per heavy atom. The summed E-state index contributed by atoms with van der Waals surface area (Å²) in [4.78, 5) is 19.2. The van der Waals surface area contributed by atoms with E-state index < -0.39 is 12.0 Å². The van der Waals surface area contributed by atoms with Gasteiger partial charge in [-0.05, 0) is 11.6 Å². The van der Waals surface area contributed by atoms with E-state index in [2.05, 4.69) is 24.9 Å². The van der Waals surface area contributed by atoms with Crippen molar-refractivity contribution in [3.05, 3.63) is 42.2 Å². The van der Waals surface area contributed by atoms with Gasteiger partial charge >= 0.3 is 6.18 Å². The molecule has 0 atom stereocenters. The van der Waals surface area contributed by atoms with E-state index >= 15 is 0 Å². The van der Waals surface area contributed by atoms with Gasteiger partial charge in [-0.25, -0.2) is 15.0 Å². The zero-order chi connectivity index (χ0) is 15.7. The number of halogens is 3. The molecule has 0 aliphatic carbocycles. The molecule has 0 aromatic carbocycles. The Morgan fingerprint density at radius 2 is 2.09 bits per heavy atom.